The molecule has 41 heavy (non-hydrogen) atoms. The number of hydrazone groups is 1. The van der Waals surface area contributed by atoms with Gasteiger partial charge in [0.25, 0.3) is 0 Å². The van der Waals surface area contributed by atoms with E-state index in [0.29, 0.717) is 15.7 Å². The van der Waals surface area contributed by atoms with Gasteiger partial charge in [0, 0.05) is 27.4 Å². The summed E-state index contributed by atoms with van der Waals surface area (Å²) in [6.07, 6.45) is 1.17. The van der Waals surface area contributed by atoms with Crippen LogP contribution in [0.2, 0.25) is 10.0 Å². The minimum Gasteiger partial charge on any atom is -0.423 e. The van der Waals surface area contributed by atoms with E-state index in [1.54, 1.807) is 36.4 Å². The van der Waals surface area contributed by atoms with Crippen LogP contribution in [0, 0.1) is 6.92 Å². The average molecular weight is 590 g/mol. The molecule has 4 aromatic carbocycles. The van der Waals surface area contributed by atoms with Gasteiger partial charge in [-0.05, 0) is 79.7 Å². The normalized spacial score (nSPS) is 10.6. The van der Waals surface area contributed by atoms with Gasteiger partial charge in [-0.1, -0.05) is 40.9 Å². The van der Waals surface area contributed by atoms with Crippen molar-refractivity contribution in [2.45, 2.75) is 6.92 Å². The number of ether oxygens (including phenoxy) is 2. The van der Waals surface area contributed by atoms with Crippen LogP contribution in [0.4, 0.5) is 5.69 Å². The number of hydrogen-bond donors (Lipinski definition) is 2. The van der Waals surface area contributed by atoms with Crippen molar-refractivity contribution in [2.75, 3.05) is 5.32 Å². The molecule has 0 atom stereocenters. The summed E-state index contributed by atoms with van der Waals surface area (Å²) in [5, 5.41) is 7.16. The quantitative estimate of drug-likeness (QED) is 0.0919. The van der Waals surface area contributed by atoms with Gasteiger partial charge in [-0.2, -0.15) is 5.10 Å². The van der Waals surface area contributed by atoms with Crippen molar-refractivity contribution in [2.24, 2.45) is 5.10 Å². The number of esters is 2. The van der Waals surface area contributed by atoms with Crippen LogP contribution >= 0.6 is 23.2 Å². The zero-order valence-corrected chi connectivity index (χ0v) is 22.9. The maximum absolute atomic E-state index is 12.8. The minimum atomic E-state index is -1.02. The van der Waals surface area contributed by atoms with Gasteiger partial charge >= 0.3 is 23.8 Å². The molecule has 0 saturated carbocycles. The van der Waals surface area contributed by atoms with E-state index in [-0.39, 0.29) is 28.2 Å². The summed E-state index contributed by atoms with van der Waals surface area (Å²) in [5.41, 5.74) is 4.26. The molecule has 206 valence electrons. The van der Waals surface area contributed by atoms with Gasteiger partial charge in [0.15, 0.2) is 0 Å². The molecule has 0 radical (unpaired) electrons. The maximum Gasteiger partial charge on any atom is 0.343 e. The lowest BCUT2D eigenvalue weighted by Crippen LogP contribution is -2.32. The third-order valence-corrected chi connectivity index (χ3v) is 5.95. The number of carbonyl (C=O) groups excluding carboxylic acids is 4. The summed E-state index contributed by atoms with van der Waals surface area (Å²) in [5.74, 6) is -3.29. The molecule has 9 nitrogen and oxygen atoms in total. The molecule has 0 aromatic heterocycles. The monoisotopic (exact) mass is 589 g/mol. The second-order valence-corrected chi connectivity index (χ2v) is 9.38. The van der Waals surface area contributed by atoms with Gasteiger partial charge in [0.2, 0.25) is 0 Å². The van der Waals surface area contributed by atoms with E-state index in [9.17, 15) is 19.2 Å². The van der Waals surface area contributed by atoms with Gasteiger partial charge in [0.05, 0.1) is 17.3 Å². The van der Waals surface area contributed by atoms with Crippen molar-refractivity contribution in [3.63, 3.8) is 0 Å². The zero-order valence-electron chi connectivity index (χ0n) is 21.4. The molecule has 4 aromatic rings. The predicted octanol–water partition coefficient (Wildman–Crippen LogP) is 5.83. The van der Waals surface area contributed by atoms with Crippen molar-refractivity contribution in [1.29, 1.82) is 0 Å². The zero-order chi connectivity index (χ0) is 29.4. The standard InChI is InChI=1S/C30H21Cl2N3O6/c1-18-2-13-24(14-3-18)34-27(36)28(37)35-33-17-21-8-15-25(40-29(38)19-4-9-22(31)10-5-19)16-26(21)41-30(39)20-6-11-23(32)12-7-20/h2-17H,1H3,(H,34,36)(H,35,37). The minimum absolute atomic E-state index is 0.0338. The summed E-state index contributed by atoms with van der Waals surface area (Å²) in [4.78, 5) is 49.7. The third-order valence-electron chi connectivity index (χ3n) is 5.44. The smallest absolute Gasteiger partial charge is 0.343 e. The topological polar surface area (TPSA) is 123 Å². The summed E-state index contributed by atoms with van der Waals surface area (Å²) in [6, 6.07) is 23.2. The predicted molar refractivity (Wildman–Crippen MR) is 155 cm³/mol. The van der Waals surface area contributed by atoms with Crippen LogP contribution in [0.5, 0.6) is 11.5 Å². The number of benzene rings is 4. The Balaban J connectivity index is 1.51. The number of aryl methyl sites for hydroxylation is 1. The van der Waals surface area contributed by atoms with Crippen LogP contribution in [0.15, 0.2) is 96.1 Å². The van der Waals surface area contributed by atoms with Crippen molar-refractivity contribution in [1.82, 2.24) is 5.43 Å². The molecule has 0 aliphatic carbocycles. The van der Waals surface area contributed by atoms with Gasteiger partial charge in [-0.3, -0.25) is 9.59 Å². The SMILES string of the molecule is Cc1ccc(NC(=O)C(=O)NN=Cc2ccc(OC(=O)c3ccc(Cl)cc3)cc2OC(=O)c2ccc(Cl)cc2)cc1. The first kappa shape index (κ1) is 29.0. The number of anilines is 1. The highest BCUT2D eigenvalue weighted by Crippen LogP contribution is 2.26. The molecule has 2 N–H and O–H groups in total. The fourth-order valence-corrected chi connectivity index (χ4v) is 3.56. The van der Waals surface area contributed by atoms with Gasteiger partial charge in [-0.15, -0.1) is 0 Å². The highest BCUT2D eigenvalue weighted by Gasteiger charge is 2.16. The lowest BCUT2D eigenvalue weighted by Gasteiger charge is -2.11. The van der Waals surface area contributed by atoms with Crippen molar-refractivity contribution < 1.29 is 28.7 Å². The first-order chi connectivity index (χ1) is 19.7. The first-order valence-electron chi connectivity index (χ1n) is 12.0. The number of nitrogens with zero attached hydrogens (tertiary/aromatic N) is 1. The second kappa shape index (κ2) is 13.4. The van der Waals surface area contributed by atoms with E-state index in [2.05, 4.69) is 15.8 Å². The molecule has 11 heteroatoms. The third kappa shape index (κ3) is 8.25. The number of nitrogens with one attached hydrogen (secondary N) is 2. The van der Waals surface area contributed by atoms with E-state index in [1.807, 2.05) is 6.92 Å². The Labute approximate surface area is 244 Å². The van der Waals surface area contributed by atoms with Crippen LogP contribution in [-0.2, 0) is 9.59 Å². The molecule has 0 spiro atoms. The highest BCUT2D eigenvalue weighted by atomic mass is 35.5. The van der Waals surface area contributed by atoms with E-state index in [1.165, 1.54) is 60.8 Å². The van der Waals surface area contributed by atoms with Crippen LogP contribution in [-0.4, -0.2) is 30.0 Å². The van der Waals surface area contributed by atoms with Gasteiger partial charge < -0.3 is 14.8 Å². The number of hydrogen-bond acceptors (Lipinski definition) is 7. The number of halogens is 2. The Morgan fingerprint density at radius 2 is 1.27 bits per heavy atom. The Morgan fingerprint density at radius 3 is 1.85 bits per heavy atom. The lowest BCUT2D eigenvalue weighted by molar-refractivity contribution is -0.136. The summed E-state index contributed by atoms with van der Waals surface area (Å²) >= 11 is 11.8. The van der Waals surface area contributed by atoms with Crippen molar-refractivity contribution in [3.8, 4) is 11.5 Å². The van der Waals surface area contributed by atoms with E-state index >= 15 is 0 Å². The van der Waals surface area contributed by atoms with Crippen LogP contribution < -0.4 is 20.2 Å². The molecule has 4 rings (SSSR count). The van der Waals surface area contributed by atoms with Gasteiger partial charge in [-0.25, -0.2) is 15.0 Å². The van der Waals surface area contributed by atoms with Crippen LogP contribution in [0.3, 0.4) is 0 Å². The number of amides is 2. The largest absolute Gasteiger partial charge is 0.423 e. The Kier molecular flexibility index (Phi) is 9.47. The number of carbonyl (C=O) groups is 4. The molecular weight excluding hydrogens is 569 g/mol. The van der Waals surface area contributed by atoms with Crippen molar-refractivity contribution in [3.05, 3.63) is 123 Å². The lowest BCUT2D eigenvalue weighted by atomic mass is 10.2. The Morgan fingerprint density at radius 1 is 0.707 bits per heavy atom. The second-order valence-electron chi connectivity index (χ2n) is 8.51. The molecular formula is C30H21Cl2N3O6. The van der Waals surface area contributed by atoms with E-state index in [0.717, 1.165) is 5.56 Å². The molecule has 0 aliphatic rings. The summed E-state index contributed by atoms with van der Waals surface area (Å²) in [6.45, 7) is 1.89. The van der Waals surface area contributed by atoms with Crippen LogP contribution in [0.25, 0.3) is 0 Å². The molecule has 0 saturated heterocycles. The fraction of sp³-hybridized carbons (Fsp3) is 0.0333. The van der Waals surface area contributed by atoms with E-state index in [4.69, 9.17) is 32.7 Å². The Hall–Kier alpha value is -4.99. The Bertz CT molecular complexity index is 1620. The van der Waals surface area contributed by atoms with Crippen molar-refractivity contribution >= 4 is 58.9 Å². The number of rotatable bonds is 7. The van der Waals surface area contributed by atoms with E-state index < -0.39 is 23.8 Å². The molecule has 0 fully saturated rings. The molecule has 0 aliphatic heterocycles. The maximum atomic E-state index is 12.8. The summed E-state index contributed by atoms with van der Waals surface area (Å²) in [7, 11) is 0. The highest BCUT2D eigenvalue weighted by molar-refractivity contribution is 6.39. The fourth-order valence-electron chi connectivity index (χ4n) is 3.31. The molecule has 0 bridgehead atoms. The summed E-state index contributed by atoms with van der Waals surface area (Å²) < 4.78 is 11.0. The van der Waals surface area contributed by atoms with Gasteiger partial charge in [0.1, 0.15) is 11.5 Å². The average Bonchev–Trinajstić information content (AvgIpc) is 2.96. The van der Waals surface area contributed by atoms with Crippen LogP contribution in [0.1, 0.15) is 31.8 Å². The molecule has 0 heterocycles. The molecule has 0 unspecified atom stereocenters. The first-order valence-corrected chi connectivity index (χ1v) is 12.7. The molecule has 2 amide bonds.